The highest BCUT2D eigenvalue weighted by Gasteiger charge is 2.15. The molecule has 1 heterocycles. The molecule has 0 saturated heterocycles. The highest BCUT2D eigenvalue weighted by molar-refractivity contribution is 7.89. The van der Waals surface area contributed by atoms with Crippen molar-refractivity contribution in [2.75, 3.05) is 6.61 Å². The SMILES string of the molecule is NS(=O)(=O)c1ccc(CNC(=O)COC(=O)Cc2coc3ccc4ccccc4c23)cc1. The second kappa shape index (κ2) is 8.81. The fourth-order valence-corrected chi connectivity index (χ4v) is 3.92. The van der Waals surface area contributed by atoms with Crippen molar-refractivity contribution in [1.82, 2.24) is 5.32 Å². The summed E-state index contributed by atoms with van der Waals surface area (Å²) >= 11 is 0. The number of primary sulfonamides is 1. The van der Waals surface area contributed by atoms with Crippen molar-refractivity contribution in [3.63, 3.8) is 0 Å². The van der Waals surface area contributed by atoms with Crippen LogP contribution < -0.4 is 10.5 Å². The van der Waals surface area contributed by atoms with Crippen LogP contribution in [0.25, 0.3) is 21.7 Å². The molecule has 0 unspecified atom stereocenters. The third kappa shape index (κ3) is 4.79. The first-order valence-electron chi connectivity index (χ1n) is 9.73. The first kappa shape index (κ1) is 21.5. The smallest absolute Gasteiger partial charge is 0.310 e. The molecule has 0 aliphatic carbocycles. The summed E-state index contributed by atoms with van der Waals surface area (Å²) in [6.45, 7) is -0.274. The monoisotopic (exact) mass is 452 g/mol. The number of benzene rings is 3. The Balaban J connectivity index is 1.32. The van der Waals surface area contributed by atoms with Crippen molar-refractivity contribution >= 4 is 43.6 Å². The molecule has 0 saturated carbocycles. The van der Waals surface area contributed by atoms with Crippen LogP contribution in [-0.4, -0.2) is 26.9 Å². The molecule has 1 amide bonds. The van der Waals surface area contributed by atoms with Gasteiger partial charge in [0.25, 0.3) is 5.91 Å². The number of esters is 1. The minimum Gasteiger partial charge on any atom is -0.464 e. The Hall–Kier alpha value is -3.69. The van der Waals surface area contributed by atoms with E-state index in [9.17, 15) is 18.0 Å². The van der Waals surface area contributed by atoms with Crippen LogP contribution in [0.5, 0.6) is 0 Å². The van der Waals surface area contributed by atoms with Gasteiger partial charge in [0.1, 0.15) is 5.58 Å². The highest BCUT2D eigenvalue weighted by Crippen LogP contribution is 2.30. The maximum Gasteiger partial charge on any atom is 0.310 e. The van der Waals surface area contributed by atoms with Gasteiger partial charge in [0.15, 0.2) is 6.61 Å². The quantitative estimate of drug-likeness (QED) is 0.415. The molecule has 0 spiro atoms. The summed E-state index contributed by atoms with van der Waals surface area (Å²) in [5, 5.41) is 10.5. The van der Waals surface area contributed by atoms with Crippen LogP contribution in [0.1, 0.15) is 11.1 Å². The van der Waals surface area contributed by atoms with Crippen molar-refractivity contribution in [2.45, 2.75) is 17.9 Å². The van der Waals surface area contributed by atoms with Gasteiger partial charge in [0.2, 0.25) is 10.0 Å². The number of amides is 1. The van der Waals surface area contributed by atoms with Crippen molar-refractivity contribution in [2.24, 2.45) is 5.14 Å². The fourth-order valence-electron chi connectivity index (χ4n) is 3.41. The first-order valence-corrected chi connectivity index (χ1v) is 11.3. The van der Waals surface area contributed by atoms with Gasteiger partial charge in [-0.05, 0) is 34.5 Å². The number of hydrogen-bond acceptors (Lipinski definition) is 6. The molecule has 0 aliphatic rings. The van der Waals surface area contributed by atoms with Crippen LogP contribution >= 0.6 is 0 Å². The van der Waals surface area contributed by atoms with Crippen LogP contribution in [0, 0.1) is 0 Å². The third-order valence-electron chi connectivity index (χ3n) is 4.98. The molecule has 0 atom stereocenters. The Labute approximate surface area is 184 Å². The van der Waals surface area contributed by atoms with E-state index in [1.165, 1.54) is 18.4 Å². The number of carbonyl (C=O) groups excluding carboxylic acids is 2. The minimum atomic E-state index is -3.77. The zero-order chi connectivity index (χ0) is 22.7. The van der Waals surface area contributed by atoms with Crippen molar-refractivity contribution in [3.05, 3.63) is 78.1 Å². The van der Waals surface area contributed by atoms with E-state index in [1.807, 2.05) is 36.4 Å². The lowest BCUT2D eigenvalue weighted by molar-refractivity contribution is -0.147. The molecule has 0 aliphatic heterocycles. The van der Waals surface area contributed by atoms with Crippen LogP contribution in [0.2, 0.25) is 0 Å². The predicted octanol–water partition coefficient (Wildman–Crippen LogP) is 2.64. The molecule has 0 radical (unpaired) electrons. The van der Waals surface area contributed by atoms with E-state index in [1.54, 1.807) is 12.1 Å². The number of ether oxygens (including phenoxy) is 1. The van der Waals surface area contributed by atoms with Gasteiger partial charge in [-0.3, -0.25) is 9.59 Å². The predicted molar refractivity (Wildman–Crippen MR) is 118 cm³/mol. The highest BCUT2D eigenvalue weighted by atomic mass is 32.2. The molecule has 0 fully saturated rings. The number of nitrogens with two attached hydrogens (primary N) is 1. The molecule has 164 valence electrons. The van der Waals surface area contributed by atoms with E-state index in [0.717, 1.165) is 16.2 Å². The first-order chi connectivity index (χ1) is 15.3. The molecule has 4 aromatic rings. The number of rotatable bonds is 7. The van der Waals surface area contributed by atoms with Crippen molar-refractivity contribution < 1.29 is 27.2 Å². The van der Waals surface area contributed by atoms with Gasteiger partial charge in [0.05, 0.1) is 17.6 Å². The van der Waals surface area contributed by atoms with Gasteiger partial charge in [-0.2, -0.15) is 0 Å². The summed E-state index contributed by atoms with van der Waals surface area (Å²) < 4.78 is 33.2. The molecule has 32 heavy (non-hydrogen) atoms. The summed E-state index contributed by atoms with van der Waals surface area (Å²) in [6.07, 6.45) is 1.51. The van der Waals surface area contributed by atoms with E-state index >= 15 is 0 Å². The minimum absolute atomic E-state index is 0.0129. The van der Waals surface area contributed by atoms with E-state index in [0.29, 0.717) is 16.7 Å². The lowest BCUT2D eigenvalue weighted by Gasteiger charge is -2.07. The van der Waals surface area contributed by atoms with Gasteiger partial charge >= 0.3 is 5.97 Å². The topological polar surface area (TPSA) is 129 Å². The standard InChI is InChI=1S/C23H20N2O6S/c24-32(28,29)18-8-5-15(6-9-18)12-25-21(26)14-31-22(27)11-17-13-30-20-10-7-16-3-1-2-4-19(16)23(17)20/h1-10,13H,11-12,14H2,(H,25,26)(H2,24,28,29). The molecule has 0 bridgehead atoms. The Morgan fingerprint density at radius 1 is 1.00 bits per heavy atom. The van der Waals surface area contributed by atoms with Gasteiger partial charge in [-0.15, -0.1) is 0 Å². The Morgan fingerprint density at radius 2 is 1.75 bits per heavy atom. The molecule has 1 aromatic heterocycles. The number of fused-ring (bicyclic) bond motifs is 3. The summed E-state index contributed by atoms with van der Waals surface area (Å²) in [5.74, 6) is -1.02. The Kier molecular flexibility index (Phi) is 5.93. The molecule has 3 aromatic carbocycles. The summed E-state index contributed by atoms with van der Waals surface area (Å²) in [4.78, 5) is 24.3. The summed E-state index contributed by atoms with van der Waals surface area (Å²) in [6, 6.07) is 17.4. The average Bonchev–Trinajstić information content (AvgIpc) is 3.19. The maximum atomic E-state index is 12.3. The van der Waals surface area contributed by atoms with Gasteiger partial charge in [-0.1, -0.05) is 42.5 Å². The molecular formula is C23H20N2O6S. The summed E-state index contributed by atoms with van der Waals surface area (Å²) in [5.41, 5.74) is 2.05. The van der Waals surface area contributed by atoms with Gasteiger partial charge in [0, 0.05) is 17.5 Å². The van der Waals surface area contributed by atoms with Crippen molar-refractivity contribution in [1.29, 1.82) is 0 Å². The van der Waals surface area contributed by atoms with E-state index in [-0.39, 0.29) is 17.9 Å². The molecule has 9 heteroatoms. The van der Waals surface area contributed by atoms with Gasteiger partial charge in [-0.25, -0.2) is 13.6 Å². The number of nitrogens with one attached hydrogen (secondary N) is 1. The van der Waals surface area contributed by atoms with E-state index in [2.05, 4.69) is 5.32 Å². The average molecular weight is 452 g/mol. The fraction of sp³-hybridized carbons (Fsp3) is 0.130. The maximum absolute atomic E-state index is 12.3. The molecule has 8 nitrogen and oxygen atoms in total. The van der Waals surface area contributed by atoms with Crippen LogP contribution in [0.4, 0.5) is 0 Å². The van der Waals surface area contributed by atoms with Crippen molar-refractivity contribution in [3.8, 4) is 0 Å². The number of carbonyl (C=O) groups is 2. The molecule has 4 rings (SSSR count). The summed E-state index contributed by atoms with van der Waals surface area (Å²) in [7, 11) is -3.77. The van der Waals surface area contributed by atoms with E-state index in [4.69, 9.17) is 14.3 Å². The zero-order valence-corrected chi connectivity index (χ0v) is 17.7. The van der Waals surface area contributed by atoms with Gasteiger partial charge < -0.3 is 14.5 Å². The lowest BCUT2D eigenvalue weighted by atomic mass is 10.0. The molecular weight excluding hydrogens is 432 g/mol. The number of furan rings is 1. The van der Waals surface area contributed by atoms with Crippen LogP contribution in [0.3, 0.4) is 0 Å². The third-order valence-corrected chi connectivity index (χ3v) is 5.91. The number of sulfonamides is 1. The second-order valence-corrected chi connectivity index (χ2v) is 8.79. The normalized spacial score (nSPS) is 11.5. The largest absolute Gasteiger partial charge is 0.464 e. The molecule has 3 N–H and O–H groups in total. The Bertz CT molecular complexity index is 1410. The zero-order valence-electron chi connectivity index (χ0n) is 16.9. The Morgan fingerprint density at radius 3 is 2.50 bits per heavy atom. The van der Waals surface area contributed by atoms with Crippen LogP contribution in [-0.2, 0) is 37.3 Å². The number of hydrogen-bond donors (Lipinski definition) is 2. The van der Waals surface area contributed by atoms with Crippen LogP contribution in [0.15, 0.2) is 76.2 Å². The lowest BCUT2D eigenvalue weighted by Crippen LogP contribution is -2.28. The second-order valence-electron chi connectivity index (χ2n) is 7.22. The van der Waals surface area contributed by atoms with E-state index < -0.39 is 28.5 Å².